The molecule has 1 atom stereocenters. The van der Waals surface area contributed by atoms with E-state index in [4.69, 9.17) is 23.2 Å². The molecule has 0 N–H and O–H groups in total. The second-order valence-electron chi connectivity index (χ2n) is 6.08. The van der Waals surface area contributed by atoms with Crippen LogP contribution < -0.4 is 0 Å². The molecule has 2 aromatic carbocycles. The Balaban J connectivity index is 1.88. The van der Waals surface area contributed by atoms with Gasteiger partial charge in [0.05, 0.1) is 21.6 Å². The molecule has 0 aromatic heterocycles. The van der Waals surface area contributed by atoms with E-state index in [-0.39, 0.29) is 18.2 Å². The largest absolute Gasteiger partial charge is 0.338 e. The lowest BCUT2D eigenvalue weighted by Crippen LogP contribution is -2.33. The zero-order valence-corrected chi connectivity index (χ0v) is 17.6. The molecule has 0 aliphatic carbocycles. The molecule has 0 saturated carbocycles. The van der Waals surface area contributed by atoms with Crippen LogP contribution in [0.4, 0.5) is 0 Å². The summed E-state index contributed by atoms with van der Waals surface area (Å²) in [4.78, 5) is 14.4. The zero-order chi connectivity index (χ0) is 18.9. The Morgan fingerprint density at radius 2 is 1.81 bits per heavy atom. The number of halogens is 3. The van der Waals surface area contributed by atoms with Gasteiger partial charge < -0.3 is 4.90 Å². The topological polar surface area (TPSA) is 54.5 Å². The smallest absolute Gasteiger partial charge is 0.255 e. The Morgan fingerprint density at radius 3 is 2.54 bits per heavy atom. The van der Waals surface area contributed by atoms with Crippen LogP contribution in [0.15, 0.2) is 46.9 Å². The summed E-state index contributed by atoms with van der Waals surface area (Å²) in [6.45, 7) is 0.446. The molecule has 8 heteroatoms. The summed E-state index contributed by atoms with van der Waals surface area (Å²) in [6.07, 6.45) is 0.295. The van der Waals surface area contributed by atoms with Crippen LogP contribution in [0.3, 0.4) is 0 Å². The van der Waals surface area contributed by atoms with E-state index in [1.807, 2.05) is 0 Å². The maximum absolute atomic E-state index is 12.8. The summed E-state index contributed by atoms with van der Waals surface area (Å²) in [5, 5.41) is 0.0517. The highest BCUT2D eigenvalue weighted by molar-refractivity contribution is 9.10. The average Bonchev–Trinajstić information content (AvgIpc) is 2.75. The lowest BCUT2D eigenvalue weighted by Gasteiger charge is -2.21. The molecule has 1 fully saturated rings. The summed E-state index contributed by atoms with van der Waals surface area (Å²) in [5.74, 6) is -0.383. The molecule has 1 heterocycles. The Bertz CT molecular complexity index is 949. The van der Waals surface area contributed by atoms with Gasteiger partial charge in [0.2, 0.25) is 0 Å². The van der Waals surface area contributed by atoms with Crippen LogP contribution >= 0.6 is 39.1 Å². The van der Waals surface area contributed by atoms with E-state index in [1.165, 1.54) is 0 Å². The molecule has 0 radical (unpaired) electrons. The third-order valence-electron chi connectivity index (χ3n) is 4.44. The quantitative estimate of drug-likeness (QED) is 0.627. The molecule has 2 aromatic rings. The summed E-state index contributed by atoms with van der Waals surface area (Å²) in [5.41, 5.74) is 0.943. The second-order valence-corrected chi connectivity index (χ2v) is 10.1. The van der Waals surface area contributed by atoms with Gasteiger partial charge in [0.25, 0.3) is 5.91 Å². The van der Waals surface area contributed by atoms with E-state index < -0.39 is 15.1 Å². The van der Waals surface area contributed by atoms with Gasteiger partial charge in [-0.2, -0.15) is 0 Å². The molecular weight excluding hydrogens is 461 g/mol. The van der Waals surface area contributed by atoms with E-state index in [1.54, 1.807) is 47.4 Å². The Hall–Kier alpha value is -1.08. The minimum Gasteiger partial charge on any atom is -0.338 e. The van der Waals surface area contributed by atoms with E-state index >= 15 is 0 Å². The van der Waals surface area contributed by atoms with Gasteiger partial charge in [0.1, 0.15) is 0 Å². The SMILES string of the molecule is O=C(c1cc(Br)ccc1Cl)N1CCC(c2ccccc2Cl)S(=O)(=O)CC1. The molecule has 1 unspecified atom stereocenters. The van der Waals surface area contributed by atoms with Crippen LogP contribution in [-0.2, 0) is 9.84 Å². The molecular formula is C18H16BrCl2NO3S. The average molecular weight is 477 g/mol. The molecule has 1 aliphatic heterocycles. The Morgan fingerprint density at radius 1 is 1.08 bits per heavy atom. The van der Waals surface area contributed by atoms with Crippen LogP contribution in [-0.4, -0.2) is 38.1 Å². The third-order valence-corrected chi connectivity index (χ3v) is 7.71. The number of sulfone groups is 1. The summed E-state index contributed by atoms with van der Waals surface area (Å²) < 4.78 is 26.2. The summed E-state index contributed by atoms with van der Waals surface area (Å²) in [6, 6.07) is 12.0. The van der Waals surface area contributed by atoms with Gasteiger partial charge >= 0.3 is 0 Å². The summed E-state index contributed by atoms with van der Waals surface area (Å²) in [7, 11) is -3.42. The maximum Gasteiger partial charge on any atom is 0.255 e. The number of hydrogen-bond donors (Lipinski definition) is 0. The predicted octanol–water partition coefficient (Wildman–Crippen LogP) is 4.76. The monoisotopic (exact) mass is 475 g/mol. The van der Waals surface area contributed by atoms with Crippen molar-refractivity contribution in [2.24, 2.45) is 0 Å². The van der Waals surface area contributed by atoms with Gasteiger partial charge in [-0.1, -0.05) is 57.3 Å². The van der Waals surface area contributed by atoms with Crippen molar-refractivity contribution < 1.29 is 13.2 Å². The van der Waals surface area contributed by atoms with Crippen molar-refractivity contribution >= 4 is 54.9 Å². The Kier molecular flexibility index (Phi) is 5.97. The Labute approximate surface area is 171 Å². The molecule has 1 aliphatic rings. The first kappa shape index (κ1) is 19.7. The van der Waals surface area contributed by atoms with Crippen LogP contribution in [0, 0.1) is 0 Å². The lowest BCUT2D eigenvalue weighted by atomic mass is 10.1. The molecule has 0 spiro atoms. The minimum absolute atomic E-state index is 0.111. The molecule has 26 heavy (non-hydrogen) atoms. The molecule has 3 rings (SSSR count). The zero-order valence-electron chi connectivity index (χ0n) is 13.7. The van der Waals surface area contributed by atoms with Crippen molar-refractivity contribution in [2.45, 2.75) is 11.7 Å². The number of nitrogens with zero attached hydrogens (tertiary/aromatic N) is 1. The van der Waals surface area contributed by atoms with Crippen molar-refractivity contribution in [3.05, 3.63) is 68.1 Å². The molecule has 1 amide bonds. The highest BCUT2D eigenvalue weighted by atomic mass is 79.9. The van der Waals surface area contributed by atoms with Gasteiger partial charge in [-0.05, 0) is 36.2 Å². The molecule has 138 valence electrons. The molecule has 4 nitrogen and oxygen atoms in total. The molecule has 0 bridgehead atoms. The second kappa shape index (κ2) is 7.89. The van der Waals surface area contributed by atoms with Gasteiger partial charge in [0, 0.05) is 22.6 Å². The van der Waals surface area contributed by atoms with Crippen molar-refractivity contribution in [2.75, 3.05) is 18.8 Å². The number of benzene rings is 2. The number of hydrogen-bond acceptors (Lipinski definition) is 3. The van der Waals surface area contributed by atoms with E-state index in [9.17, 15) is 13.2 Å². The lowest BCUT2D eigenvalue weighted by molar-refractivity contribution is 0.0766. The number of carbonyl (C=O) groups is 1. The minimum atomic E-state index is -3.42. The number of amides is 1. The highest BCUT2D eigenvalue weighted by Crippen LogP contribution is 2.34. The van der Waals surface area contributed by atoms with Crippen molar-refractivity contribution in [1.82, 2.24) is 4.90 Å². The highest BCUT2D eigenvalue weighted by Gasteiger charge is 2.34. The van der Waals surface area contributed by atoms with Crippen molar-refractivity contribution in [3.8, 4) is 0 Å². The normalized spacial score (nSPS) is 19.8. The van der Waals surface area contributed by atoms with E-state index in [0.717, 1.165) is 4.47 Å². The number of carbonyl (C=O) groups excluding carboxylic acids is 1. The standard InChI is InChI=1S/C18H16BrCl2NO3S/c19-12-5-6-16(21)14(11-12)18(23)22-8-7-17(26(24,25)10-9-22)13-3-1-2-4-15(13)20/h1-6,11,17H,7-10H2. The predicted molar refractivity (Wildman–Crippen MR) is 108 cm³/mol. The van der Waals surface area contributed by atoms with Gasteiger partial charge in [-0.25, -0.2) is 8.42 Å². The first-order valence-corrected chi connectivity index (χ1v) is 11.3. The fourth-order valence-electron chi connectivity index (χ4n) is 3.06. The van der Waals surface area contributed by atoms with Crippen LogP contribution in [0.5, 0.6) is 0 Å². The van der Waals surface area contributed by atoms with Gasteiger partial charge in [-0.15, -0.1) is 0 Å². The fourth-order valence-corrected chi connectivity index (χ4v) is 5.77. The first-order chi connectivity index (χ1) is 12.3. The third kappa shape index (κ3) is 4.09. The van der Waals surface area contributed by atoms with E-state index in [0.29, 0.717) is 34.1 Å². The van der Waals surface area contributed by atoms with Crippen LogP contribution in [0.2, 0.25) is 10.0 Å². The maximum atomic E-state index is 12.8. The van der Waals surface area contributed by atoms with E-state index in [2.05, 4.69) is 15.9 Å². The van der Waals surface area contributed by atoms with Gasteiger partial charge in [-0.3, -0.25) is 4.79 Å². The molecule has 1 saturated heterocycles. The fraction of sp³-hybridized carbons (Fsp3) is 0.278. The summed E-state index contributed by atoms with van der Waals surface area (Å²) >= 11 is 15.7. The van der Waals surface area contributed by atoms with Gasteiger partial charge in [0.15, 0.2) is 9.84 Å². The first-order valence-electron chi connectivity index (χ1n) is 8.00. The number of rotatable bonds is 2. The van der Waals surface area contributed by atoms with Crippen molar-refractivity contribution in [3.63, 3.8) is 0 Å². The van der Waals surface area contributed by atoms with Crippen LogP contribution in [0.1, 0.15) is 27.6 Å². The van der Waals surface area contributed by atoms with Crippen LogP contribution in [0.25, 0.3) is 0 Å². The van der Waals surface area contributed by atoms with Crippen molar-refractivity contribution in [1.29, 1.82) is 0 Å².